The monoisotopic (exact) mass is 282 g/mol. The van der Waals surface area contributed by atoms with Crippen molar-refractivity contribution in [2.24, 2.45) is 0 Å². The third-order valence-electron chi connectivity index (χ3n) is 0. The third-order valence-corrected chi connectivity index (χ3v) is 0. The fraction of sp³-hybridized carbons (Fsp3) is 0. The maximum Gasteiger partial charge on any atom is 3.00 e. The molecule has 0 heterocycles. The summed E-state index contributed by atoms with van der Waals surface area (Å²) in [5.74, 6) is 0. The maximum absolute atomic E-state index is 8.35. The average Bonchev–Trinajstić information content (AvgIpc) is 1.70. The summed E-state index contributed by atoms with van der Waals surface area (Å²) in [6.45, 7) is 0. The minimum atomic E-state index is -1.08. The van der Waals surface area contributed by atoms with Crippen LogP contribution >= 0.6 is 26.1 Å². The molecule has 0 spiro atoms. The van der Waals surface area contributed by atoms with Crippen LogP contribution in [0.3, 0.4) is 0 Å². The topological polar surface area (TPSA) is 120 Å². The predicted octanol–water partition coefficient (Wildman–Crippen LogP) is -1.34. The first kappa shape index (κ1) is 22.4. The minimum absolute atomic E-state index is 0. The van der Waals surface area contributed by atoms with Crippen molar-refractivity contribution in [1.82, 2.24) is 0 Å². The Morgan fingerprint density at radius 1 is 0.700 bits per heavy atom. The normalized spacial score (nSPS) is 6.30. The zero-order chi connectivity index (χ0) is 8.12. The molecule has 0 N–H and O–H groups in total. The van der Waals surface area contributed by atoms with Crippen molar-refractivity contribution >= 4 is 26.1 Å². The summed E-state index contributed by atoms with van der Waals surface area (Å²) in [4.78, 5) is 25.0. The molecule has 0 aliphatic heterocycles. The first-order valence-corrected chi connectivity index (χ1v) is 3.29. The quantitative estimate of drug-likeness (QED) is 0.400. The van der Waals surface area contributed by atoms with Gasteiger partial charge < -0.3 is 14.7 Å². The molecule has 0 bridgehead atoms. The van der Waals surface area contributed by atoms with Gasteiger partial charge in [-0.15, -0.1) is 0 Å². The van der Waals surface area contributed by atoms with Crippen molar-refractivity contribution in [3.8, 4) is 0 Å². The van der Waals surface area contributed by atoms with E-state index in [2.05, 4.69) is 0 Å². The standard InChI is InChI=1S/Nb.3HO2P/c;3*1-3-2/h;3*(H,1,2)/q+3;;;/p-3. The van der Waals surface area contributed by atoms with E-state index in [9.17, 15) is 0 Å². The molecular formula is NbO6P3. The smallest absolute Gasteiger partial charge is 0.772 e. The van der Waals surface area contributed by atoms with Gasteiger partial charge in [0.2, 0.25) is 0 Å². The van der Waals surface area contributed by atoms with Crippen molar-refractivity contribution in [2.45, 2.75) is 0 Å². The molecule has 0 aromatic heterocycles. The second kappa shape index (κ2) is 51.4. The number of hydrogen-bond acceptors (Lipinski definition) is 6. The third kappa shape index (κ3) is 661. The van der Waals surface area contributed by atoms with E-state index in [4.69, 9.17) is 28.4 Å². The first-order chi connectivity index (χ1) is 4.24. The molecule has 0 saturated carbocycles. The average molecular weight is 282 g/mol. The van der Waals surface area contributed by atoms with E-state index in [1.165, 1.54) is 0 Å². The van der Waals surface area contributed by atoms with E-state index < -0.39 is 26.1 Å². The Kier molecular flexibility index (Phi) is 115. The summed E-state index contributed by atoms with van der Waals surface area (Å²) in [5.41, 5.74) is 0. The molecular weight excluding hydrogens is 282 g/mol. The fourth-order valence-corrected chi connectivity index (χ4v) is 0. The van der Waals surface area contributed by atoms with Gasteiger partial charge in [-0.05, 0) is 0 Å². The second-order valence-electron chi connectivity index (χ2n) is 0.224. The Labute approximate surface area is 77.0 Å². The molecule has 0 fully saturated rings. The van der Waals surface area contributed by atoms with E-state index >= 15 is 0 Å². The van der Waals surface area contributed by atoms with E-state index in [1.807, 2.05) is 0 Å². The molecule has 0 radical (unpaired) electrons. The largest absolute Gasteiger partial charge is 3.00 e. The molecule has 0 rings (SSSR count). The number of hydrogen-bond donors (Lipinski definition) is 0. The van der Waals surface area contributed by atoms with Gasteiger partial charge in [-0.25, -0.2) is 0 Å². The zero-order valence-corrected chi connectivity index (χ0v) is 9.12. The van der Waals surface area contributed by atoms with E-state index in [-0.39, 0.29) is 22.4 Å². The van der Waals surface area contributed by atoms with Gasteiger partial charge in [-0.1, -0.05) is 0 Å². The van der Waals surface area contributed by atoms with Crippen LogP contribution in [0.15, 0.2) is 0 Å². The van der Waals surface area contributed by atoms with Crippen LogP contribution in [0.2, 0.25) is 0 Å². The molecule has 10 heavy (non-hydrogen) atoms. The summed E-state index contributed by atoms with van der Waals surface area (Å²) in [7, 11) is -3.25. The molecule has 56 valence electrons. The van der Waals surface area contributed by atoms with Crippen LogP contribution in [0.5, 0.6) is 0 Å². The van der Waals surface area contributed by atoms with Crippen LogP contribution in [0.1, 0.15) is 0 Å². The van der Waals surface area contributed by atoms with Crippen LogP contribution in [0.25, 0.3) is 0 Å². The van der Waals surface area contributed by atoms with E-state index in [1.54, 1.807) is 0 Å². The number of rotatable bonds is 0. The Bertz CT molecular complexity index is 49.7. The molecule has 6 nitrogen and oxygen atoms in total. The van der Waals surface area contributed by atoms with Gasteiger partial charge >= 0.3 is 22.4 Å². The van der Waals surface area contributed by atoms with Gasteiger partial charge in [0.25, 0.3) is 0 Å². The van der Waals surface area contributed by atoms with Gasteiger partial charge in [0.15, 0.2) is 0 Å². The first-order valence-electron chi connectivity index (χ1n) is 1.10. The summed E-state index contributed by atoms with van der Waals surface area (Å²) < 4.78 is 25.0. The molecule has 0 aliphatic rings. The van der Waals surface area contributed by atoms with Crippen molar-refractivity contribution in [3.63, 3.8) is 0 Å². The Morgan fingerprint density at radius 2 is 0.700 bits per heavy atom. The Hall–Kier alpha value is 0.920. The molecule has 0 saturated heterocycles. The van der Waals surface area contributed by atoms with Crippen LogP contribution < -0.4 is 14.7 Å². The molecule has 0 atom stereocenters. The van der Waals surface area contributed by atoms with Gasteiger partial charge in [0, 0.05) is 0 Å². The van der Waals surface area contributed by atoms with Gasteiger partial charge in [0.05, 0.1) is 26.1 Å². The molecule has 0 aliphatic carbocycles. The molecule has 0 aromatic carbocycles. The zero-order valence-electron chi connectivity index (χ0n) is 4.24. The van der Waals surface area contributed by atoms with E-state index in [0.717, 1.165) is 0 Å². The van der Waals surface area contributed by atoms with E-state index in [0.29, 0.717) is 0 Å². The van der Waals surface area contributed by atoms with Crippen molar-refractivity contribution < 1.29 is 50.8 Å². The van der Waals surface area contributed by atoms with Crippen LogP contribution in [0.4, 0.5) is 0 Å². The van der Waals surface area contributed by atoms with Gasteiger partial charge in [0.1, 0.15) is 0 Å². The summed E-state index contributed by atoms with van der Waals surface area (Å²) >= 11 is 0. The summed E-state index contributed by atoms with van der Waals surface area (Å²) in [6.07, 6.45) is 0. The predicted molar refractivity (Wildman–Crippen MR) is 22.8 cm³/mol. The molecule has 0 aromatic rings. The Morgan fingerprint density at radius 3 is 0.700 bits per heavy atom. The summed E-state index contributed by atoms with van der Waals surface area (Å²) in [6, 6.07) is 0. The second-order valence-corrected chi connectivity index (χ2v) is 0.671. The van der Waals surface area contributed by atoms with Gasteiger partial charge in [-0.3, -0.25) is 13.7 Å². The van der Waals surface area contributed by atoms with Gasteiger partial charge in [-0.2, -0.15) is 0 Å². The van der Waals surface area contributed by atoms with Crippen molar-refractivity contribution in [2.75, 3.05) is 0 Å². The van der Waals surface area contributed by atoms with Crippen LogP contribution in [0, 0.1) is 0 Å². The summed E-state index contributed by atoms with van der Waals surface area (Å²) in [5, 5.41) is 0. The molecule has 0 amide bonds. The van der Waals surface area contributed by atoms with Crippen molar-refractivity contribution in [1.29, 1.82) is 0 Å². The Balaban J connectivity index is -0.0000000257. The molecule has 0 unspecified atom stereocenters. The van der Waals surface area contributed by atoms with Crippen molar-refractivity contribution in [3.05, 3.63) is 0 Å². The SMILES string of the molecule is O=P[O-].O=P[O-].O=P[O-].[Nb+3]. The maximum atomic E-state index is 8.35. The fourth-order valence-electron chi connectivity index (χ4n) is 0. The minimum Gasteiger partial charge on any atom is -0.772 e. The van der Waals surface area contributed by atoms with Crippen LogP contribution in [-0.4, -0.2) is 0 Å². The molecule has 10 heteroatoms. The van der Waals surface area contributed by atoms with Crippen LogP contribution in [-0.2, 0) is 36.1 Å².